The molecular weight excluding hydrogens is 268 g/mol. The van der Waals surface area contributed by atoms with Gasteiger partial charge >= 0.3 is 6.03 Å². The highest BCUT2D eigenvalue weighted by Gasteiger charge is 2.12. The zero-order valence-corrected chi connectivity index (χ0v) is 10.8. The minimum atomic E-state index is -0.735. The lowest BCUT2D eigenvalue weighted by atomic mass is 10.4. The third-order valence-corrected chi connectivity index (χ3v) is 2.28. The minimum Gasteiger partial charge on any atom is -0.338 e. The smallest absolute Gasteiger partial charge is 0.321 e. The molecule has 1 rings (SSSR count). The molecule has 2 N–H and O–H groups in total. The summed E-state index contributed by atoms with van der Waals surface area (Å²) in [6.07, 6.45) is 1.66. The van der Waals surface area contributed by atoms with Crippen molar-refractivity contribution >= 4 is 17.6 Å². The Labute approximate surface area is 113 Å². The van der Waals surface area contributed by atoms with Crippen molar-refractivity contribution in [3.8, 4) is 0 Å². The van der Waals surface area contributed by atoms with Crippen LogP contribution < -0.4 is 16.2 Å². The molecule has 3 amide bonds. The number of pyridine rings is 1. The maximum atomic E-state index is 11.5. The zero-order valence-electron chi connectivity index (χ0n) is 10.8. The molecule has 1 aromatic heterocycles. The van der Waals surface area contributed by atoms with Gasteiger partial charge in [-0.05, 0) is 6.42 Å². The highest BCUT2D eigenvalue weighted by molar-refractivity contribution is 5.94. The zero-order chi connectivity index (χ0) is 15.1. The van der Waals surface area contributed by atoms with Gasteiger partial charge in [0.25, 0.3) is 11.2 Å². The van der Waals surface area contributed by atoms with Crippen LogP contribution in [0, 0.1) is 10.1 Å². The van der Waals surface area contributed by atoms with Crippen LogP contribution in [0.2, 0.25) is 0 Å². The van der Waals surface area contributed by atoms with E-state index in [1.165, 1.54) is 0 Å². The van der Waals surface area contributed by atoms with E-state index in [1.807, 2.05) is 12.2 Å². The predicted molar refractivity (Wildman–Crippen MR) is 69.2 cm³/mol. The first-order chi connectivity index (χ1) is 9.43. The first-order valence-corrected chi connectivity index (χ1v) is 5.86. The van der Waals surface area contributed by atoms with E-state index in [-0.39, 0.29) is 5.69 Å². The monoisotopic (exact) mass is 282 g/mol. The summed E-state index contributed by atoms with van der Waals surface area (Å²) in [5.74, 6) is -0.735. The molecule has 0 bridgehead atoms. The number of carbonyl (C=O) groups excluding carboxylic acids is 2. The maximum absolute atomic E-state index is 11.5. The standard InChI is InChI=1S/C11H14N4O5/c1-2-5-12-11(18)13-9(16)7-14-6-8(15(19)20)3-4-10(14)17/h3-4,6H,2,5,7H2,1H3,(H2,12,13,16,18). The summed E-state index contributed by atoms with van der Waals surface area (Å²) >= 11 is 0. The summed E-state index contributed by atoms with van der Waals surface area (Å²) in [5.41, 5.74) is -0.882. The number of amides is 3. The maximum Gasteiger partial charge on any atom is 0.321 e. The number of rotatable bonds is 5. The van der Waals surface area contributed by atoms with E-state index in [2.05, 4.69) is 5.32 Å². The van der Waals surface area contributed by atoms with Gasteiger partial charge in [-0.2, -0.15) is 0 Å². The molecule has 0 saturated carbocycles. The molecule has 0 unspecified atom stereocenters. The van der Waals surface area contributed by atoms with Crippen LogP contribution in [0.25, 0.3) is 0 Å². The van der Waals surface area contributed by atoms with Gasteiger partial charge in [0.1, 0.15) is 6.54 Å². The van der Waals surface area contributed by atoms with Crippen LogP contribution in [-0.2, 0) is 11.3 Å². The second-order valence-corrected chi connectivity index (χ2v) is 3.91. The second-order valence-electron chi connectivity index (χ2n) is 3.91. The summed E-state index contributed by atoms with van der Waals surface area (Å²) in [6, 6.07) is 1.36. The van der Waals surface area contributed by atoms with Gasteiger partial charge in [-0.3, -0.25) is 29.6 Å². The molecule has 0 radical (unpaired) electrons. The van der Waals surface area contributed by atoms with E-state index in [4.69, 9.17) is 0 Å². The molecule has 1 heterocycles. The van der Waals surface area contributed by atoms with Crippen LogP contribution in [-0.4, -0.2) is 28.0 Å². The van der Waals surface area contributed by atoms with Crippen molar-refractivity contribution < 1.29 is 14.5 Å². The van der Waals surface area contributed by atoms with Gasteiger partial charge in [-0.1, -0.05) is 6.92 Å². The number of aromatic nitrogens is 1. The van der Waals surface area contributed by atoms with Crippen molar-refractivity contribution in [1.82, 2.24) is 15.2 Å². The fraction of sp³-hybridized carbons (Fsp3) is 0.364. The summed E-state index contributed by atoms with van der Waals surface area (Å²) in [7, 11) is 0. The molecular formula is C11H14N4O5. The fourth-order valence-corrected chi connectivity index (χ4v) is 1.35. The van der Waals surface area contributed by atoms with E-state index in [0.29, 0.717) is 13.0 Å². The summed E-state index contributed by atoms with van der Waals surface area (Å²) < 4.78 is 0.862. The Morgan fingerprint density at radius 2 is 2.10 bits per heavy atom. The Hall–Kier alpha value is -2.71. The van der Waals surface area contributed by atoms with Gasteiger partial charge in [0.05, 0.1) is 11.1 Å². The van der Waals surface area contributed by atoms with Crippen LogP contribution in [0.5, 0.6) is 0 Å². The lowest BCUT2D eigenvalue weighted by Gasteiger charge is -2.07. The number of urea groups is 1. The number of nitrogens with one attached hydrogen (secondary N) is 2. The molecule has 0 atom stereocenters. The molecule has 0 aliphatic carbocycles. The lowest BCUT2D eigenvalue weighted by Crippen LogP contribution is -2.42. The Morgan fingerprint density at radius 3 is 2.70 bits per heavy atom. The molecule has 0 fully saturated rings. The van der Waals surface area contributed by atoms with Crippen molar-refractivity contribution in [2.75, 3.05) is 6.54 Å². The molecule has 0 aliphatic rings. The molecule has 9 heteroatoms. The van der Waals surface area contributed by atoms with Gasteiger partial charge in [0.15, 0.2) is 0 Å². The van der Waals surface area contributed by atoms with Crippen LogP contribution in [0.4, 0.5) is 10.5 Å². The molecule has 0 aliphatic heterocycles. The average molecular weight is 282 g/mol. The van der Waals surface area contributed by atoms with Crippen molar-refractivity contribution in [3.05, 3.63) is 38.8 Å². The Bertz CT molecular complexity index is 580. The highest BCUT2D eigenvalue weighted by atomic mass is 16.6. The van der Waals surface area contributed by atoms with Crippen LogP contribution in [0.15, 0.2) is 23.1 Å². The first kappa shape index (κ1) is 15.3. The number of hydrogen-bond acceptors (Lipinski definition) is 5. The van der Waals surface area contributed by atoms with E-state index >= 15 is 0 Å². The summed E-state index contributed by atoms with van der Waals surface area (Å²) in [5, 5.41) is 15.0. The van der Waals surface area contributed by atoms with Gasteiger partial charge in [-0.25, -0.2) is 4.79 Å². The second kappa shape index (κ2) is 7.02. The van der Waals surface area contributed by atoms with Crippen LogP contribution >= 0.6 is 0 Å². The molecule has 9 nitrogen and oxygen atoms in total. The number of carbonyl (C=O) groups is 2. The Balaban J connectivity index is 2.70. The number of imide groups is 1. The van der Waals surface area contributed by atoms with Crippen LogP contribution in [0.3, 0.4) is 0 Å². The number of hydrogen-bond donors (Lipinski definition) is 2. The third-order valence-electron chi connectivity index (χ3n) is 2.28. The highest BCUT2D eigenvalue weighted by Crippen LogP contribution is 2.05. The average Bonchev–Trinajstić information content (AvgIpc) is 2.38. The topological polar surface area (TPSA) is 123 Å². The molecule has 0 spiro atoms. The van der Waals surface area contributed by atoms with Crippen molar-refractivity contribution in [3.63, 3.8) is 0 Å². The summed E-state index contributed by atoms with van der Waals surface area (Å²) in [4.78, 5) is 44.1. The minimum absolute atomic E-state index is 0.312. The fourth-order valence-electron chi connectivity index (χ4n) is 1.35. The quantitative estimate of drug-likeness (QED) is 0.580. The molecule has 108 valence electrons. The van der Waals surface area contributed by atoms with E-state index < -0.39 is 29.0 Å². The third kappa shape index (κ3) is 4.52. The number of nitro groups is 1. The van der Waals surface area contributed by atoms with E-state index in [0.717, 1.165) is 22.9 Å². The largest absolute Gasteiger partial charge is 0.338 e. The lowest BCUT2D eigenvalue weighted by molar-refractivity contribution is -0.385. The van der Waals surface area contributed by atoms with Crippen molar-refractivity contribution in [2.45, 2.75) is 19.9 Å². The number of nitrogens with zero attached hydrogens (tertiary/aromatic N) is 2. The Morgan fingerprint density at radius 1 is 1.40 bits per heavy atom. The van der Waals surface area contributed by atoms with Gasteiger partial charge in [0.2, 0.25) is 5.91 Å². The molecule has 20 heavy (non-hydrogen) atoms. The van der Waals surface area contributed by atoms with Gasteiger partial charge in [0, 0.05) is 18.7 Å². The molecule has 0 aromatic carbocycles. The normalized spacial score (nSPS) is 9.85. The van der Waals surface area contributed by atoms with E-state index in [1.54, 1.807) is 0 Å². The summed E-state index contributed by atoms with van der Waals surface area (Å²) in [6.45, 7) is 1.79. The van der Waals surface area contributed by atoms with Crippen LogP contribution in [0.1, 0.15) is 13.3 Å². The SMILES string of the molecule is CCCNC(=O)NC(=O)Cn1cc([N+](=O)[O-])ccc1=O. The first-order valence-electron chi connectivity index (χ1n) is 5.86. The molecule has 0 saturated heterocycles. The molecule has 1 aromatic rings. The van der Waals surface area contributed by atoms with Gasteiger partial charge < -0.3 is 5.32 Å². The van der Waals surface area contributed by atoms with Crippen molar-refractivity contribution in [2.24, 2.45) is 0 Å². The van der Waals surface area contributed by atoms with Gasteiger partial charge in [-0.15, -0.1) is 0 Å². The van der Waals surface area contributed by atoms with E-state index in [9.17, 15) is 24.5 Å². The van der Waals surface area contributed by atoms with Crippen molar-refractivity contribution in [1.29, 1.82) is 0 Å². The Kier molecular flexibility index (Phi) is 5.39. The predicted octanol–water partition coefficient (Wildman–Crippen LogP) is -0.00770.